The lowest BCUT2D eigenvalue weighted by Crippen LogP contribution is -2.37. The van der Waals surface area contributed by atoms with Crippen molar-refractivity contribution in [2.75, 3.05) is 16.8 Å². The van der Waals surface area contributed by atoms with Gasteiger partial charge in [-0.2, -0.15) is 11.8 Å². The largest absolute Gasteiger partial charge is 0.478 e. The summed E-state index contributed by atoms with van der Waals surface area (Å²) in [4.78, 5) is 26.2. The fourth-order valence-corrected chi connectivity index (χ4v) is 2.78. The van der Waals surface area contributed by atoms with E-state index >= 15 is 0 Å². The lowest BCUT2D eigenvalue weighted by molar-refractivity contribution is 0.0696. The molecule has 1 saturated heterocycles. The molecule has 1 aliphatic rings. The van der Waals surface area contributed by atoms with E-state index in [-0.39, 0.29) is 17.6 Å². The molecule has 2 amide bonds. The van der Waals surface area contributed by atoms with Crippen LogP contribution in [0.5, 0.6) is 0 Å². The number of urea groups is 1. The number of anilines is 1. The van der Waals surface area contributed by atoms with Gasteiger partial charge in [-0.25, -0.2) is 9.59 Å². The van der Waals surface area contributed by atoms with Crippen molar-refractivity contribution in [3.05, 3.63) is 24.0 Å². The summed E-state index contributed by atoms with van der Waals surface area (Å²) in [5, 5.41) is 14.2. The average molecular weight is 267 g/mol. The Morgan fingerprint density at radius 3 is 2.94 bits per heavy atom. The number of rotatable bonds is 3. The van der Waals surface area contributed by atoms with Crippen LogP contribution in [0.15, 0.2) is 18.5 Å². The topological polar surface area (TPSA) is 91.3 Å². The number of aromatic nitrogens is 1. The Balaban J connectivity index is 1.93. The van der Waals surface area contributed by atoms with Crippen molar-refractivity contribution in [3.63, 3.8) is 0 Å². The number of carbonyl (C=O) groups is 2. The zero-order valence-electron chi connectivity index (χ0n) is 9.55. The van der Waals surface area contributed by atoms with E-state index in [0.29, 0.717) is 5.69 Å². The number of carboxylic acid groups (broad SMARTS) is 1. The second kappa shape index (κ2) is 5.72. The van der Waals surface area contributed by atoms with Crippen molar-refractivity contribution in [1.82, 2.24) is 10.3 Å². The van der Waals surface area contributed by atoms with Crippen LogP contribution in [-0.4, -0.2) is 39.6 Å². The molecule has 1 fully saturated rings. The lowest BCUT2D eigenvalue weighted by atomic mass is 10.2. The van der Waals surface area contributed by atoms with Gasteiger partial charge in [0.05, 0.1) is 17.4 Å². The minimum absolute atomic E-state index is 0.0456. The van der Waals surface area contributed by atoms with E-state index in [4.69, 9.17) is 5.11 Å². The number of nitrogens with zero attached hydrogens (tertiary/aromatic N) is 1. The van der Waals surface area contributed by atoms with E-state index in [1.165, 1.54) is 18.5 Å². The molecule has 0 spiro atoms. The van der Waals surface area contributed by atoms with Crippen LogP contribution in [0.4, 0.5) is 10.5 Å². The number of carbonyl (C=O) groups excluding carboxylic acids is 1. The van der Waals surface area contributed by atoms with Crippen LogP contribution < -0.4 is 10.6 Å². The van der Waals surface area contributed by atoms with Gasteiger partial charge in [-0.1, -0.05) is 0 Å². The normalized spacial score (nSPS) is 18.3. The van der Waals surface area contributed by atoms with Crippen molar-refractivity contribution in [1.29, 1.82) is 0 Å². The first kappa shape index (κ1) is 12.7. The maximum absolute atomic E-state index is 11.6. The third-order valence-electron chi connectivity index (χ3n) is 2.51. The fraction of sp³-hybridized carbons (Fsp3) is 0.364. The van der Waals surface area contributed by atoms with Crippen molar-refractivity contribution in [2.45, 2.75) is 12.5 Å². The summed E-state index contributed by atoms with van der Waals surface area (Å²) in [6, 6.07) is 1.23. The van der Waals surface area contributed by atoms with Gasteiger partial charge in [0.2, 0.25) is 0 Å². The van der Waals surface area contributed by atoms with Gasteiger partial charge < -0.3 is 15.7 Å². The van der Waals surface area contributed by atoms with Gasteiger partial charge in [0.25, 0.3) is 0 Å². The molecule has 1 unspecified atom stereocenters. The number of aromatic carboxylic acids is 1. The number of pyridine rings is 1. The molecule has 0 aliphatic carbocycles. The second-order valence-corrected chi connectivity index (χ2v) is 5.08. The summed E-state index contributed by atoms with van der Waals surface area (Å²) in [6.45, 7) is 0. The zero-order valence-corrected chi connectivity index (χ0v) is 10.4. The Morgan fingerprint density at radius 1 is 1.44 bits per heavy atom. The molecular formula is C11H13N3O3S. The van der Waals surface area contributed by atoms with E-state index in [0.717, 1.165) is 17.9 Å². The van der Waals surface area contributed by atoms with Crippen LogP contribution in [-0.2, 0) is 0 Å². The number of amides is 2. The predicted octanol–water partition coefficient (Wildman–Crippen LogP) is 1.41. The first-order valence-corrected chi connectivity index (χ1v) is 6.64. The number of hydrogen-bond donors (Lipinski definition) is 3. The number of thioether (sulfide) groups is 1. The molecule has 2 rings (SSSR count). The van der Waals surface area contributed by atoms with Gasteiger partial charge in [0, 0.05) is 18.0 Å². The average Bonchev–Trinajstić information content (AvgIpc) is 2.82. The molecule has 0 saturated carbocycles. The number of hydrogen-bond acceptors (Lipinski definition) is 4. The Morgan fingerprint density at radius 2 is 2.28 bits per heavy atom. The maximum Gasteiger partial charge on any atom is 0.337 e. The summed E-state index contributed by atoms with van der Waals surface area (Å²) < 4.78 is 0. The Bertz CT molecular complexity index is 461. The van der Waals surface area contributed by atoms with E-state index < -0.39 is 5.97 Å². The number of nitrogens with one attached hydrogen (secondary N) is 2. The third-order valence-corrected chi connectivity index (χ3v) is 3.67. The van der Waals surface area contributed by atoms with E-state index in [9.17, 15) is 9.59 Å². The van der Waals surface area contributed by atoms with Gasteiger partial charge in [-0.15, -0.1) is 0 Å². The molecule has 0 bridgehead atoms. The molecular weight excluding hydrogens is 254 g/mol. The summed E-state index contributed by atoms with van der Waals surface area (Å²) in [6.07, 6.45) is 3.61. The SMILES string of the molecule is O=C(Nc1cncc(C(=O)O)c1)NC1CCSC1. The summed E-state index contributed by atoms with van der Waals surface area (Å²) in [5.41, 5.74) is 0.419. The molecule has 0 aromatic carbocycles. The quantitative estimate of drug-likeness (QED) is 0.770. The molecule has 1 aromatic rings. The molecule has 3 N–H and O–H groups in total. The van der Waals surface area contributed by atoms with Crippen LogP contribution in [0.25, 0.3) is 0 Å². The summed E-state index contributed by atoms with van der Waals surface area (Å²) >= 11 is 1.80. The van der Waals surface area contributed by atoms with Crippen LogP contribution in [0.1, 0.15) is 16.8 Å². The highest BCUT2D eigenvalue weighted by Gasteiger charge is 2.17. The second-order valence-electron chi connectivity index (χ2n) is 3.93. The van der Waals surface area contributed by atoms with Crippen molar-refractivity contribution < 1.29 is 14.7 Å². The van der Waals surface area contributed by atoms with Crippen LogP contribution in [0, 0.1) is 0 Å². The highest BCUT2D eigenvalue weighted by atomic mass is 32.2. The minimum Gasteiger partial charge on any atom is -0.478 e. The Kier molecular flexibility index (Phi) is 4.03. The lowest BCUT2D eigenvalue weighted by Gasteiger charge is -2.12. The standard InChI is InChI=1S/C11H13N3O3S/c15-10(16)7-3-9(5-12-4-7)14-11(17)13-8-1-2-18-6-8/h3-5,8H,1-2,6H2,(H,15,16)(H2,13,14,17). The van der Waals surface area contributed by atoms with E-state index in [2.05, 4.69) is 15.6 Å². The molecule has 96 valence electrons. The Labute approximate surface area is 108 Å². The van der Waals surface area contributed by atoms with Crippen LogP contribution in [0.3, 0.4) is 0 Å². The number of carboxylic acids is 1. The summed E-state index contributed by atoms with van der Waals surface area (Å²) in [5.74, 6) is 0.903. The molecule has 6 nitrogen and oxygen atoms in total. The molecule has 18 heavy (non-hydrogen) atoms. The zero-order chi connectivity index (χ0) is 13.0. The molecule has 1 aromatic heterocycles. The van der Waals surface area contributed by atoms with Crippen molar-refractivity contribution in [2.24, 2.45) is 0 Å². The van der Waals surface area contributed by atoms with Gasteiger partial charge in [0.15, 0.2) is 0 Å². The van der Waals surface area contributed by atoms with Gasteiger partial charge in [0.1, 0.15) is 0 Å². The maximum atomic E-state index is 11.6. The minimum atomic E-state index is -1.07. The smallest absolute Gasteiger partial charge is 0.337 e. The Hall–Kier alpha value is -1.76. The van der Waals surface area contributed by atoms with Crippen molar-refractivity contribution in [3.8, 4) is 0 Å². The first-order valence-electron chi connectivity index (χ1n) is 5.49. The van der Waals surface area contributed by atoms with Crippen LogP contribution in [0.2, 0.25) is 0 Å². The van der Waals surface area contributed by atoms with E-state index in [1.54, 1.807) is 11.8 Å². The molecule has 7 heteroatoms. The predicted molar refractivity (Wildman–Crippen MR) is 69.1 cm³/mol. The van der Waals surface area contributed by atoms with Crippen LogP contribution >= 0.6 is 11.8 Å². The van der Waals surface area contributed by atoms with Gasteiger partial charge in [-0.05, 0) is 18.2 Å². The van der Waals surface area contributed by atoms with Crippen molar-refractivity contribution >= 4 is 29.4 Å². The van der Waals surface area contributed by atoms with Gasteiger partial charge >= 0.3 is 12.0 Å². The highest BCUT2D eigenvalue weighted by molar-refractivity contribution is 7.99. The fourth-order valence-electron chi connectivity index (χ4n) is 1.63. The molecule has 2 heterocycles. The molecule has 1 atom stereocenters. The third kappa shape index (κ3) is 3.36. The molecule has 1 aliphatic heterocycles. The summed E-state index contributed by atoms with van der Waals surface area (Å²) in [7, 11) is 0. The van der Waals surface area contributed by atoms with E-state index in [1.807, 2.05) is 0 Å². The van der Waals surface area contributed by atoms with Gasteiger partial charge in [-0.3, -0.25) is 4.98 Å². The first-order chi connectivity index (χ1) is 8.65. The highest BCUT2D eigenvalue weighted by Crippen LogP contribution is 2.17. The monoisotopic (exact) mass is 267 g/mol. The molecule has 0 radical (unpaired) electrons.